The lowest BCUT2D eigenvalue weighted by Gasteiger charge is -2.39. The van der Waals surface area contributed by atoms with E-state index in [1.165, 1.54) is 18.6 Å². The van der Waals surface area contributed by atoms with Crippen molar-refractivity contribution in [2.75, 3.05) is 31.1 Å². The van der Waals surface area contributed by atoms with E-state index >= 15 is 0 Å². The fourth-order valence-electron chi connectivity index (χ4n) is 5.75. The minimum Gasteiger partial charge on any atom is -0.368 e. The summed E-state index contributed by atoms with van der Waals surface area (Å²) in [6.45, 7) is 2.66. The molecule has 5 nitrogen and oxygen atoms in total. The number of likely N-dealkylation sites (tertiary alicyclic amines) is 1. The van der Waals surface area contributed by atoms with Crippen LogP contribution in [0.2, 0.25) is 0 Å². The number of fused-ring (bicyclic) bond motifs is 1. The monoisotopic (exact) mass is 435 g/mol. The highest BCUT2D eigenvalue weighted by Crippen LogP contribution is 2.41. The maximum Gasteiger partial charge on any atom is 0.254 e. The molecule has 5 rings (SSSR count). The minimum atomic E-state index is -0.367. The van der Waals surface area contributed by atoms with Gasteiger partial charge in [0.2, 0.25) is 5.91 Å². The predicted molar refractivity (Wildman–Crippen MR) is 122 cm³/mol. The summed E-state index contributed by atoms with van der Waals surface area (Å²) in [6.07, 6.45) is 5.18. The molecule has 0 N–H and O–H groups in total. The first-order chi connectivity index (χ1) is 15.6. The molecule has 168 valence electrons. The number of carbonyl (C=O) groups is 2. The molecule has 0 radical (unpaired) electrons. The van der Waals surface area contributed by atoms with E-state index in [1.807, 2.05) is 40.1 Å². The van der Waals surface area contributed by atoms with Crippen molar-refractivity contribution in [2.45, 2.75) is 44.2 Å². The third-order valence-corrected chi connectivity index (χ3v) is 7.41. The molecule has 32 heavy (non-hydrogen) atoms. The van der Waals surface area contributed by atoms with E-state index in [1.54, 1.807) is 12.1 Å². The summed E-state index contributed by atoms with van der Waals surface area (Å²) in [6, 6.07) is 15.7. The van der Waals surface area contributed by atoms with Gasteiger partial charge in [0.05, 0.1) is 0 Å². The summed E-state index contributed by atoms with van der Waals surface area (Å²) in [5.41, 5.74) is 1.64. The molecule has 0 spiro atoms. The number of carbonyl (C=O) groups excluding carboxylic acids is 2. The Kier molecular flexibility index (Phi) is 5.85. The number of anilines is 1. The topological polar surface area (TPSA) is 43.9 Å². The van der Waals surface area contributed by atoms with Crippen LogP contribution in [0.4, 0.5) is 10.1 Å². The lowest BCUT2D eigenvalue weighted by Crippen LogP contribution is -2.55. The number of rotatable bonds is 3. The van der Waals surface area contributed by atoms with Crippen LogP contribution in [0.25, 0.3) is 0 Å². The van der Waals surface area contributed by atoms with Crippen molar-refractivity contribution in [3.05, 3.63) is 66.0 Å². The lowest BCUT2D eigenvalue weighted by molar-refractivity contribution is -0.136. The van der Waals surface area contributed by atoms with E-state index in [2.05, 4.69) is 4.90 Å². The summed E-state index contributed by atoms with van der Waals surface area (Å²) >= 11 is 0. The summed E-state index contributed by atoms with van der Waals surface area (Å²) in [5, 5.41) is 0. The van der Waals surface area contributed by atoms with Crippen molar-refractivity contribution < 1.29 is 14.0 Å². The second kappa shape index (κ2) is 8.93. The SMILES string of the molecule is O=C(C1CC2CCCCC2N1C(=O)c1ccccc1)N1CCN(c2ccc(F)cc2)CC1. The fourth-order valence-corrected chi connectivity index (χ4v) is 5.75. The van der Waals surface area contributed by atoms with Gasteiger partial charge in [-0.05, 0) is 61.6 Å². The highest BCUT2D eigenvalue weighted by molar-refractivity contribution is 5.98. The minimum absolute atomic E-state index is 0.0108. The lowest BCUT2D eigenvalue weighted by atomic mass is 9.84. The van der Waals surface area contributed by atoms with Gasteiger partial charge in [0.1, 0.15) is 11.9 Å². The van der Waals surface area contributed by atoms with Crippen molar-refractivity contribution in [3.8, 4) is 0 Å². The normalized spacial score (nSPS) is 25.5. The number of piperazine rings is 1. The van der Waals surface area contributed by atoms with E-state index in [0.29, 0.717) is 37.7 Å². The van der Waals surface area contributed by atoms with Crippen LogP contribution in [0.3, 0.4) is 0 Å². The van der Waals surface area contributed by atoms with Crippen LogP contribution in [0.15, 0.2) is 54.6 Å². The van der Waals surface area contributed by atoms with Gasteiger partial charge >= 0.3 is 0 Å². The van der Waals surface area contributed by atoms with Crippen molar-refractivity contribution >= 4 is 17.5 Å². The molecule has 0 aromatic heterocycles. The molecule has 2 amide bonds. The van der Waals surface area contributed by atoms with Crippen molar-refractivity contribution in [2.24, 2.45) is 5.92 Å². The van der Waals surface area contributed by atoms with Gasteiger partial charge < -0.3 is 14.7 Å². The van der Waals surface area contributed by atoms with E-state index < -0.39 is 0 Å². The molecule has 2 aromatic rings. The van der Waals surface area contributed by atoms with Gasteiger partial charge in [0, 0.05) is 43.5 Å². The number of benzene rings is 2. The van der Waals surface area contributed by atoms with Crippen LogP contribution >= 0.6 is 0 Å². The highest BCUT2D eigenvalue weighted by atomic mass is 19.1. The Balaban J connectivity index is 1.31. The van der Waals surface area contributed by atoms with E-state index in [9.17, 15) is 14.0 Å². The molecule has 0 bridgehead atoms. The van der Waals surface area contributed by atoms with Gasteiger partial charge in [0.15, 0.2) is 0 Å². The first kappa shape index (κ1) is 21.0. The van der Waals surface area contributed by atoms with Gasteiger partial charge in [-0.2, -0.15) is 0 Å². The molecule has 3 fully saturated rings. The number of hydrogen-bond acceptors (Lipinski definition) is 3. The second-order valence-electron chi connectivity index (χ2n) is 9.23. The largest absolute Gasteiger partial charge is 0.368 e. The maximum atomic E-state index is 13.6. The fraction of sp³-hybridized carbons (Fsp3) is 0.462. The van der Waals surface area contributed by atoms with Crippen LogP contribution < -0.4 is 4.90 Å². The molecule has 6 heteroatoms. The molecule has 3 aliphatic rings. The molecule has 2 aromatic carbocycles. The summed E-state index contributed by atoms with van der Waals surface area (Å²) in [5.74, 6) is 0.255. The molecule has 1 saturated carbocycles. The smallest absolute Gasteiger partial charge is 0.254 e. The van der Waals surface area contributed by atoms with Crippen LogP contribution in [0.1, 0.15) is 42.5 Å². The summed E-state index contributed by atoms with van der Waals surface area (Å²) in [7, 11) is 0. The quantitative estimate of drug-likeness (QED) is 0.733. The van der Waals surface area contributed by atoms with Gasteiger partial charge in [-0.3, -0.25) is 9.59 Å². The molecule has 1 aliphatic carbocycles. The molecule has 2 aliphatic heterocycles. The average molecular weight is 436 g/mol. The van der Waals surface area contributed by atoms with Gasteiger partial charge in [0.25, 0.3) is 5.91 Å². The Morgan fingerprint density at radius 3 is 2.25 bits per heavy atom. The molecule has 2 saturated heterocycles. The molecule has 3 atom stereocenters. The van der Waals surface area contributed by atoms with Crippen LogP contribution in [0, 0.1) is 11.7 Å². The Bertz CT molecular complexity index is 957. The van der Waals surface area contributed by atoms with Crippen molar-refractivity contribution in [3.63, 3.8) is 0 Å². The standard InChI is InChI=1S/C26H30FN3O2/c27-21-10-12-22(13-11-21)28-14-16-29(17-15-28)26(32)24-18-20-8-4-5-9-23(20)30(24)25(31)19-6-2-1-3-7-19/h1-3,6-7,10-13,20,23-24H,4-5,8-9,14-18H2. The first-order valence-corrected chi connectivity index (χ1v) is 11.8. The number of hydrogen-bond donors (Lipinski definition) is 0. The van der Waals surface area contributed by atoms with Crippen LogP contribution in [0.5, 0.6) is 0 Å². The number of halogens is 1. The zero-order valence-electron chi connectivity index (χ0n) is 18.3. The summed E-state index contributed by atoms with van der Waals surface area (Å²) in [4.78, 5) is 33.2. The third kappa shape index (κ3) is 3.98. The Labute approximate surface area is 188 Å². The van der Waals surface area contributed by atoms with Crippen molar-refractivity contribution in [1.29, 1.82) is 0 Å². The van der Waals surface area contributed by atoms with Gasteiger partial charge in [-0.25, -0.2) is 4.39 Å². The van der Waals surface area contributed by atoms with Crippen LogP contribution in [-0.4, -0.2) is 59.9 Å². The predicted octanol–water partition coefficient (Wildman–Crippen LogP) is 3.95. The average Bonchev–Trinajstić information content (AvgIpc) is 3.24. The van der Waals surface area contributed by atoms with Gasteiger partial charge in [-0.15, -0.1) is 0 Å². The molecule has 3 unspecified atom stereocenters. The van der Waals surface area contributed by atoms with Crippen molar-refractivity contribution in [1.82, 2.24) is 9.80 Å². The Morgan fingerprint density at radius 2 is 1.53 bits per heavy atom. The zero-order chi connectivity index (χ0) is 22.1. The Morgan fingerprint density at radius 1 is 0.844 bits per heavy atom. The van der Waals surface area contributed by atoms with E-state index in [0.717, 1.165) is 31.4 Å². The maximum absolute atomic E-state index is 13.6. The van der Waals surface area contributed by atoms with Gasteiger partial charge in [-0.1, -0.05) is 31.0 Å². The molecule has 2 heterocycles. The van der Waals surface area contributed by atoms with E-state index in [4.69, 9.17) is 0 Å². The number of amides is 2. The zero-order valence-corrected chi connectivity index (χ0v) is 18.3. The van der Waals surface area contributed by atoms with Crippen LogP contribution in [-0.2, 0) is 4.79 Å². The third-order valence-electron chi connectivity index (χ3n) is 7.41. The Hall–Kier alpha value is -2.89. The summed E-state index contributed by atoms with van der Waals surface area (Å²) < 4.78 is 13.2. The van der Waals surface area contributed by atoms with E-state index in [-0.39, 0.29) is 29.7 Å². The molecular formula is C26H30FN3O2. The first-order valence-electron chi connectivity index (χ1n) is 11.8. The number of nitrogens with zero attached hydrogens (tertiary/aromatic N) is 3. The second-order valence-corrected chi connectivity index (χ2v) is 9.23. The highest BCUT2D eigenvalue weighted by Gasteiger charge is 2.48. The molecular weight excluding hydrogens is 405 g/mol.